The number of ether oxygens (including phenoxy) is 1. The summed E-state index contributed by atoms with van der Waals surface area (Å²) < 4.78 is 50.6. The van der Waals surface area contributed by atoms with Crippen LogP contribution in [0.1, 0.15) is 5.56 Å². The van der Waals surface area contributed by atoms with Crippen LogP contribution in [0.2, 0.25) is 0 Å². The number of benzene rings is 1. The maximum atomic E-state index is 13.4. The molecule has 1 saturated heterocycles. The Labute approximate surface area is 166 Å². The Morgan fingerprint density at radius 2 is 2.07 bits per heavy atom. The molecular formula is C18H23ClF3N3O3. The fraction of sp³-hybridized carbons (Fsp3) is 0.500. The molecule has 0 spiro atoms. The number of methoxy groups -OCH3 is 1. The van der Waals surface area contributed by atoms with Crippen LogP contribution in [0.15, 0.2) is 28.9 Å². The van der Waals surface area contributed by atoms with Gasteiger partial charge in [0.25, 0.3) is 0 Å². The largest absolute Gasteiger partial charge is 0.497 e. The van der Waals surface area contributed by atoms with Crippen LogP contribution in [0.3, 0.4) is 0 Å². The summed E-state index contributed by atoms with van der Waals surface area (Å²) in [5, 5.41) is 6.19. The molecule has 2 heterocycles. The third-order valence-electron chi connectivity index (χ3n) is 4.68. The molecule has 1 fully saturated rings. The number of rotatable bonds is 6. The van der Waals surface area contributed by atoms with Gasteiger partial charge < -0.3 is 19.8 Å². The number of furan rings is 1. The molecule has 1 aliphatic heterocycles. The summed E-state index contributed by atoms with van der Waals surface area (Å²) in [5.41, 5.74) is 1.18. The van der Waals surface area contributed by atoms with Crippen LogP contribution in [0.25, 0.3) is 11.0 Å². The van der Waals surface area contributed by atoms with Crippen LogP contribution in [0, 0.1) is 0 Å². The van der Waals surface area contributed by atoms with E-state index in [2.05, 4.69) is 10.6 Å². The molecule has 156 valence electrons. The maximum Gasteiger partial charge on any atom is 0.405 e. The van der Waals surface area contributed by atoms with Crippen LogP contribution >= 0.6 is 12.4 Å². The molecule has 1 aliphatic rings. The minimum atomic E-state index is -4.40. The number of piperazine rings is 1. The summed E-state index contributed by atoms with van der Waals surface area (Å²) in [6.45, 7) is 1.14. The minimum absolute atomic E-state index is 0. The lowest BCUT2D eigenvalue weighted by molar-refractivity contribution is -0.184. The number of alkyl halides is 3. The maximum absolute atomic E-state index is 13.4. The van der Waals surface area contributed by atoms with Crippen LogP contribution in [-0.2, 0) is 11.2 Å². The molecule has 1 aromatic heterocycles. The summed E-state index contributed by atoms with van der Waals surface area (Å²) in [6.07, 6.45) is -3.00. The summed E-state index contributed by atoms with van der Waals surface area (Å²) in [7, 11) is 1.54. The van der Waals surface area contributed by atoms with Gasteiger partial charge in [0, 0.05) is 49.7 Å². The van der Waals surface area contributed by atoms with E-state index < -0.39 is 24.7 Å². The highest BCUT2D eigenvalue weighted by Crippen LogP contribution is 2.27. The standard InChI is InChI=1S/C18H22F3N3O3.ClH/c1-26-13-2-3-14-12(11-27-15(14)9-13)8-17(25)23-10-16(18(19,20)21)24-6-4-22-5-7-24;/h2-3,9,11,16,22H,4-8,10H2,1H3,(H,23,25);1H. The Morgan fingerprint density at radius 3 is 2.71 bits per heavy atom. The van der Waals surface area contributed by atoms with Gasteiger partial charge in [-0.2, -0.15) is 13.2 Å². The van der Waals surface area contributed by atoms with Crippen molar-refractivity contribution in [3.05, 3.63) is 30.0 Å². The molecule has 0 radical (unpaired) electrons. The van der Waals surface area contributed by atoms with Crippen molar-refractivity contribution in [3.8, 4) is 5.75 Å². The summed E-state index contributed by atoms with van der Waals surface area (Å²) >= 11 is 0. The van der Waals surface area contributed by atoms with E-state index in [1.807, 2.05) is 0 Å². The zero-order chi connectivity index (χ0) is 19.4. The molecule has 0 bridgehead atoms. The first kappa shape index (κ1) is 22.3. The van der Waals surface area contributed by atoms with Crippen molar-refractivity contribution in [1.29, 1.82) is 0 Å². The van der Waals surface area contributed by atoms with E-state index in [1.165, 1.54) is 18.3 Å². The number of hydrogen-bond donors (Lipinski definition) is 2. The highest BCUT2D eigenvalue weighted by Gasteiger charge is 2.43. The molecule has 2 N–H and O–H groups in total. The van der Waals surface area contributed by atoms with Gasteiger partial charge in [-0.3, -0.25) is 9.69 Å². The number of carbonyl (C=O) groups is 1. The van der Waals surface area contributed by atoms with Gasteiger partial charge in [-0.05, 0) is 12.1 Å². The van der Waals surface area contributed by atoms with E-state index in [0.717, 1.165) is 5.39 Å². The van der Waals surface area contributed by atoms with Crippen molar-refractivity contribution in [2.24, 2.45) is 0 Å². The second kappa shape index (κ2) is 9.49. The van der Waals surface area contributed by atoms with Gasteiger partial charge in [0.1, 0.15) is 17.4 Å². The molecule has 0 saturated carbocycles. The second-order valence-corrected chi connectivity index (χ2v) is 6.45. The summed E-state index contributed by atoms with van der Waals surface area (Å²) in [5.74, 6) is 0.148. The average molecular weight is 422 g/mol. The van der Waals surface area contributed by atoms with E-state index in [9.17, 15) is 18.0 Å². The molecule has 10 heteroatoms. The van der Waals surface area contributed by atoms with E-state index >= 15 is 0 Å². The first-order chi connectivity index (χ1) is 12.9. The van der Waals surface area contributed by atoms with Crippen LogP contribution < -0.4 is 15.4 Å². The van der Waals surface area contributed by atoms with Gasteiger partial charge in [-0.1, -0.05) is 0 Å². The lowest BCUT2D eigenvalue weighted by Crippen LogP contribution is -2.57. The van der Waals surface area contributed by atoms with Crippen molar-refractivity contribution >= 4 is 29.3 Å². The van der Waals surface area contributed by atoms with Gasteiger partial charge in [0.15, 0.2) is 0 Å². The average Bonchev–Trinajstić information content (AvgIpc) is 3.03. The predicted octanol–water partition coefficient (Wildman–Crippen LogP) is 2.36. The van der Waals surface area contributed by atoms with E-state index in [-0.39, 0.29) is 18.8 Å². The Kier molecular flexibility index (Phi) is 7.56. The van der Waals surface area contributed by atoms with Gasteiger partial charge in [0.05, 0.1) is 19.8 Å². The van der Waals surface area contributed by atoms with Crippen molar-refractivity contribution in [1.82, 2.24) is 15.5 Å². The molecule has 3 rings (SSSR count). The minimum Gasteiger partial charge on any atom is -0.497 e. The van der Waals surface area contributed by atoms with Gasteiger partial charge in [-0.15, -0.1) is 12.4 Å². The molecule has 1 amide bonds. The molecule has 28 heavy (non-hydrogen) atoms. The monoisotopic (exact) mass is 421 g/mol. The molecular weight excluding hydrogens is 399 g/mol. The third kappa shape index (κ3) is 5.30. The molecule has 6 nitrogen and oxygen atoms in total. The van der Waals surface area contributed by atoms with Gasteiger partial charge in [-0.25, -0.2) is 0 Å². The van der Waals surface area contributed by atoms with Crippen LogP contribution in [0.4, 0.5) is 13.2 Å². The van der Waals surface area contributed by atoms with Crippen LogP contribution in [-0.4, -0.2) is 62.9 Å². The molecule has 1 unspecified atom stereocenters. The van der Waals surface area contributed by atoms with E-state index in [1.54, 1.807) is 18.2 Å². The Morgan fingerprint density at radius 1 is 1.36 bits per heavy atom. The summed E-state index contributed by atoms with van der Waals surface area (Å²) in [4.78, 5) is 13.6. The number of nitrogens with one attached hydrogen (secondary N) is 2. The van der Waals surface area contributed by atoms with E-state index in [4.69, 9.17) is 9.15 Å². The Balaban J connectivity index is 0.00000280. The number of halogens is 4. The predicted molar refractivity (Wildman–Crippen MR) is 101 cm³/mol. The number of carbonyl (C=O) groups excluding carboxylic acids is 1. The van der Waals surface area contributed by atoms with Crippen molar-refractivity contribution < 1.29 is 27.1 Å². The SMILES string of the molecule is COc1ccc2c(CC(=O)NCC(N3CCNCC3)C(F)(F)F)coc2c1.Cl. The Hall–Kier alpha value is -1.97. The molecule has 0 aliphatic carbocycles. The first-order valence-electron chi connectivity index (χ1n) is 8.71. The zero-order valence-electron chi connectivity index (χ0n) is 15.3. The number of fused-ring (bicyclic) bond motifs is 1. The van der Waals surface area contributed by atoms with Crippen molar-refractivity contribution in [3.63, 3.8) is 0 Å². The number of hydrogen-bond acceptors (Lipinski definition) is 5. The Bertz CT molecular complexity index is 791. The van der Waals surface area contributed by atoms with E-state index in [0.29, 0.717) is 43.1 Å². The zero-order valence-corrected chi connectivity index (χ0v) is 16.2. The number of amides is 1. The van der Waals surface area contributed by atoms with Gasteiger partial charge in [0.2, 0.25) is 5.91 Å². The third-order valence-corrected chi connectivity index (χ3v) is 4.68. The number of nitrogens with zero attached hydrogens (tertiary/aromatic N) is 1. The highest BCUT2D eigenvalue weighted by atomic mass is 35.5. The fourth-order valence-electron chi connectivity index (χ4n) is 3.22. The smallest absolute Gasteiger partial charge is 0.405 e. The first-order valence-corrected chi connectivity index (χ1v) is 8.71. The molecule has 1 atom stereocenters. The van der Waals surface area contributed by atoms with Crippen molar-refractivity contribution in [2.75, 3.05) is 39.8 Å². The normalized spacial score (nSPS) is 16.4. The second-order valence-electron chi connectivity index (χ2n) is 6.45. The molecule has 2 aromatic rings. The highest BCUT2D eigenvalue weighted by molar-refractivity contribution is 5.88. The van der Waals surface area contributed by atoms with Crippen molar-refractivity contribution in [2.45, 2.75) is 18.6 Å². The summed E-state index contributed by atoms with van der Waals surface area (Å²) in [6, 6.07) is 3.51. The topological polar surface area (TPSA) is 66.7 Å². The fourth-order valence-corrected chi connectivity index (χ4v) is 3.22. The lowest BCUT2D eigenvalue weighted by atomic mass is 10.1. The lowest BCUT2D eigenvalue weighted by Gasteiger charge is -2.35. The quantitative estimate of drug-likeness (QED) is 0.749. The molecule has 1 aromatic carbocycles. The van der Waals surface area contributed by atoms with Gasteiger partial charge >= 0.3 is 6.18 Å². The van der Waals surface area contributed by atoms with Crippen LogP contribution in [0.5, 0.6) is 5.75 Å².